The van der Waals surface area contributed by atoms with Crippen molar-refractivity contribution in [3.63, 3.8) is 0 Å². The first-order valence-electron chi connectivity index (χ1n) is 6.02. The second-order valence-corrected chi connectivity index (χ2v) is 4.53. The summed E-state index contributed by atoms with van der Waals surface area (Å²) >= 11 is 0. The Kier molecular flexibility index (Phi) is 8.20. The summed E-state index contributed by atoms with van der Waals surface area (Å²) in [5.74, 6) is 0.814. The molecule has 1 unspecified atom stereocenters. The van der Waals surface area contributed by atoms with Crippen LogP contribution in [0.4, 0.5) is 0 Å². The highest BCUT2D eigenvalue weighted by atomic mass is 15.1. The lowest BCUT2D eigenvalue weighted by Gasteiger charge is -2.27. The lowest BCUT2D eigenvalue weighted by molar-refractivity contribution is 0.219. The Morgan fingerprint density at radius 1 is 1.21 bits per heavy atom. The number of rotatable bonds is 8. The Labute approximate surface area is 90.1 Å². The molecule has 0 heterocycles. The first-order chi connectivity index (χ1) is 6.61. The van der Waals surface area contributed by atoms with E-state index < -0.39 is 0 Å². The second kappa shape index (κ2) is 8.25. The van der Waals surface area contributed by atoms with E-state index in [1.54, 1.807) is 0 Å². The summed E-state index contributed by atoms with van der Waals surface area (Å²) in [5.41, 5.74) is 0. The van der Waals surface area contributed by atoms with Crippen molar-refractivity contribution in [3.8, 4) is 0 Å². The topological polar surface area (TPSA) is 15.3 Å². The molecule has 1 atom stereocenters. The van der Waals surface area contributed by atoms with E-state index in [2.05, 4.69) is 45.0 Å². The Morgan fingerprint density at radius 2 is 1.86 bits per heavy atom. The van der Waals surface area contributed by atoms with Gasteiger partial charge in [-0.1, -0.05) is 27.7 Å². The number of nitrogens with zero attached hydrogens (tertiary/aromatic N) is 1. The van der Waals surface area contributed by atoms with Crippen LogP contribution >= 0.6 is 0 Å². The third-order valence-electron chi connectivity index (χ3n) is 2.78. The van der Waals surface area contributed by atoms with Gasteiger partial charge in [-0.15, -0.1) is 0 Å². The van der Waals surface area contributed by atoms with E-state index in [1.807, 2.05) is 0 Å². The van der Waals surface area contributed by atoms with Gasteiger partial charge in [-0.3, -0.25) is 0 Å². The molecule has 0 rings (SSSR count). The lowest BCUT2D eigenvalue weighted by Crippen LogP contribution is -2.40. The molecule has 0 amide bonds. The number of nitrogens with one attached hydrogen (secondary N) is 1. The van der Waals surface area contributed by atoms with Crippen LogP contribution in [0.2, 0.25) is 0 Å². The fourth-order valence-corrected chi connectivity index (χ4v) is 1.57. The molecule has 0 saturated carbocycles. The van der Waals surface area contributed by atoms with Crippen LogP contribution in [-0.4, -0.2) is 37.6 Å². The van der Waals surface area contributed by atoms with Crippen molar-refractivity contribution >= 4 is 0 Å². The van der Waals surface area contributed by atoms with Crippen molar-refractivity contribution in [1.82, 2.24) is 10.2 Å². The number of hydrogen-bond donors (Lipinski definition) is 1. The molecule has 86 valence electrons. The third kappa shape index (κ3) is 6.39. The summed E-state index contributed by atoms with van der Waals surface area (Å²) in [4.78, 5) is 2.49. The highest BCUT2D eigenvalue weighted by molar-refractivity contribution is 4.69. The normalized spacial score (nSPS) is 13.9. The monoisotopic (exact) mass is 200 g/mol. The van der Waals surface area contributed by atoms with Crippen LogP contribution in [-0.2, 0) is 0 Å². The molecular weight excluding hydrogens is 172 g/mol. The highest BCUT2D eigenvalue weighted by Gasteiger charge is 2.11. The van der Waals surface area contributed by atoms with Crippen LogP contribution in [0.25, 0.3) is 0 Å². The Balaban J connectivity index is 3.72. The minimum absolute atomic E-state index is 0.702. The van der Waals surface area contributed by atoms with E-state index in [1.165, 1.54) is 19.4 Å². The van der Waals surface area contributed by atoms with Crippen molar-refractivity contribution in [2.75, 3.05) is 26.7 Å². The molecule has 1 N–H and O–H groups in total. The molecule has 0 radical (unpaired) electrons. The van der Waals surface area contributed by atoms with E-state index in [0.717, 1.165) is 19.0 Å². The molecule has 0 bridgehead atoms. The molecular formula is C12H28N2. The van der Waals surface area contributed by atoms with Crippen LogP contribution in [0.5, 0.6) is 0 Å². The standard InChI is InChI=1S/C12H28N2/c1-6-12(10-13-7-2)14(5)9-8-11(3)4/h11-13H,6-10H2,1-5H3. The molecule has 0 aromatic carbocycles. The zero-order chi connectivity index (χ0) is 11.0. The first-order valence-corrected chi connectivity index (χ1v) is 6.02. The predicted molar refractivity (Wildman–Crippen MR) is 64.7 cm³/mol. The van der Waals surface area contributed by atoms with Gasteiger partial charge in [0.1, 0.15) is 0 Å². The fraction of sp³-hybridized carbons (Fsp3) is 1.00. The minimum atomic E-state index is 0.702. The summed E-state index contributed by atoms with van der Waals surface area (Å²) < 4.78 is 0. The van der Waals surface area contributed by atoms with E-state index in [0.29, 0.717) is 6.04 Å². The van der Waals surface area contributed by atoms with Gasteiger partial charge in [-0.2, -0.15) is 0 Å². The SMILES string of the molecule is CCNCC(CC)N(C)CCC(C)C. The summed E-state index contributed by atoms with van der Waals surface area (Å²) in [6, 6.07) is 0.702. The maximum Gasteiger partial charge on any atom is 0.0214 e. The molecule has 0 aromatic rings. The maximum absolute atomic E-state index is 3.43. The predicted octanol–water partition coefficient (Wildman–Crippen LogP) is 2.35. The number of hydrogen-bond acceptors (Lipinski definition) is 2. The van der Waals surface area contributed by atoms with Crippen LogP contribution in [0.15, 0.2) is 0 Å². The highest BCUT2D eigenvalue weighted by Crippen LogP contribution is 2.05. The first kappa shape index (κ1) is 13.9. The lowest BCUT2D eigenvalue weighted by atomic mass is 10.1. The summed E-state index contributed by atoms with van der Waals surface area (Å²) in [6.45, 7) is 12.4. The van der Waals surface area contributed by atoms with Gasteiger partial charge in [-0.25, -0.2) is 0 Å². The van der Waals surface area contributed by atoms with Crippen LogP contribution < -0.4 is 5.32 Å². The van der Waals surface area contributed by atoms with Gasteiger partial charge >= 0.3 is 0 Å². The zero-order valence-corrected chi connectivity index (χ0v) is 10.6. The smallest absolute Gasteiger partial charge is 0.0214 e. The van der Waals surface area contributed by atoms with Gasteiger partial charge in [0.25, 0.3) is 0 Å². The zero-order valence-electron chi connectivity index (χ0n) is 10.6. The molecule has 2 heteroatoms. The number of likely N-dealkylation sites (N-methyl/N-ethyl adjacent to an activating group) is 2. The average Bonchev–Trinajstić information content (AvgIpc) is 2.16. The van der Waals surface area contributed by atoms with Crippen LogP contribution in [0, 0.1) is 5.92 Å². The van der Waals surface area contributed by atoms with Gasteiger partial charge in [0.2, 0.25) is 0 Å². The summed E-state index contributed by atoms with van der Waals surface area (Å²) in [5, 5.41) is 3.43. The van der Waals surface area contributed by atoms with Crippen molar-refractivity contribution in [1.29, 1.82) is 0 Å². The van der Waals surface area contributed by atoms with E-state index >= 15 is 0 Å². The van der Waals surface area contributed by atoms with E-state index in [-0.39, 0.29) is 0 Å². The fourth-order valence-electron chi connectivity index (χ4n) is 1.57. The van der Waals surface area contributed by atoms with Gasteiger partial charge in [0, 0.05) is 12.6 Å². The van der Waals surface area contributed by atoms with Crippen molar-refractivity contribution < 1.29 is 0 Å². The minimum Gasteiger partial charge on any atom is -0.315 e. The van der Waals surface area contributed by atoms with Gasteiger partial charge in [0.05, 0.1) is 0 Å². The molecule has 0 saturated heterocycles. The van der Waals surface area contributed by atoms with Crippen molar-refractivity contribution in [2.45, 2.75) is 46.6 Å². The quantitative estimate of drug-likeness (QED) is 0.647. The second-order valence-electron chi connectivity index (χ2n) is 4.53. The third-order valence-corrected chi connectivity index (χ3v) is 2.78. The molecule has 2 nitrogen and oxygen atoms in total. The summed E-state index contributed by atoms with van der Waals surface area (Å²) in [6.07, 6.45) is 2.54. The van der Waals surface area contributed by atoms with Gasteiger partial charge < -0.3 is 10.2 Å². The molecule has 0 aliphatic rings. The molecule has 0 spiro atoms. The Hall–Kier alpha value is -0.0800. The largest absolute Gasteiger partial charge is 0.315 e. The maximum atomic E-state index is 3.43. The Bertz CT molecular complexity index is 123. The van der Waals surface area contributed by atoms with Crippen molar-refractivity contribution in [3.05, 3.63) is 0 Å². The Morgan fingerprint density at radius 3 is 2.29 bits per heavy atom. The van der Waals surface area contributed by atoms with Crippen LogP contribution in [0.3, 0.4) is 0 Å². The molecule has 0 aliphatic heterocycles. The molecule has 14 heavy (non-hydrogen) atoms. The van der Waals surface area contributed by atoms with Crippen molar-refractivity contribution in [2.24, 2.45) is 5.92 Å². The van der Waals surface area contributed by atoms with E-state index in [4.69, 9.17) is 0 Å². The molecule has 0 fully saturated rings. The molecule has 0 aliphatic carbocycles. The van der Waals surface area contributed by atoms with Gasteiger partial charge in [0.15, 0.2) is 0 Å². The van der Waals surface area contributed by atoms with E-state index in [9.17, 15) is 0 Å². The van der Waals surface area contributed by atoms with Crippen LogP contribution in [0.1, 0.15) is 40.5 Å². The average molecular weight is 200 g/mol. The van der Waals surface area contributed by atoms with Gasteiger partial charge in [-0.05, 0) is 38.9 Å². The molecule has 0 aromatic heterocycles. The summed E-state index contributed by atoms with van der Waals surface area (Å²) in [7, 11) is 2.24.